The number of aromatic nitrogens is 2. The lowest BCUT2D eigenvalue weighted by Crippen LogP contribution is -2.07. The van der Waals surface area contributed by atoms with Gasteiger partial charge in [-0.1, -0.05) is 29.8 Å². The number of hydrogen-bond donors (Lipinski definition) is 1. The second-order valence-corrected chi connectivity index (χ2v) is 5.06. The molecule has 1 aromatic heterocycles. The molecule has 0 bridgehead atoms. The number of benzene rings is 2. The molecule has 0 spiro atoms. The molecule has 0 fully saturated rings. The number of nitrogens with zero attached hydrogens (tertiary/aromatic N) is 2. The summed E-state index contributed by atoms with van der Waals surface area (Å²) in [7, 11) is 0. The van der Waals surface area contributed by atoms with Crippen molar-refractivity contribution in [3.8, 4) is 0 Å². The molecule has 0 radical (unpaired) electrons. The minimum Gasteiger partial charge on any atom is -0.369 e. The summed E-state index contributed by atoms with van der Waals surface area (Å²) in [6, 6.07) is 12.2. The van der Waals surface area contributed by atoms with E-state index in [0.29, 0.717) is 23.3 Å². The van der Waals surface area contributed by atoms with Crippen molar-refractivity contribution in [3.63, 3.8) is 0 Å². The van der Waals surface area contributed by atoms with Crippen LogP contribution < -0.4 is 5.32 Å². The summed E-state index contributed by atoms with van der Waals surface area (Å²) in [6.45, 7) is 0.659. The lowest BCUT2D eigenvalue weighted by molar-refractivity contribution is 0.629. The molecule has 106 valence electrons. The van der Waals surface area contributed by atoms with Crippen LogP contribution in [0.4, 0.5) is 10.2 Å². The van der Waals surface area contributed by atoms with Gasteiger partial charge in [0.2, 0.25) is 0 Å². The van der Waals surface area contributed by atoms with Crippen molar-refractivity contribution in [2.75, 3.05) is 11.9 Å². The van der Waals surface area contributed by atoms with Crippen molar-refractivity contribution in [1.82, 2.24) is 9.97 Å². The molecule has 21 heavy (non-hydrogen) atoms. The molecule has 0 aliphatic rings. The summed E-state index contributed by atoms with van der Waals surface area (Å²) in [5.41, 5.74) is 1.78. The molecule has 0 unspecified atom stereocenters. The molecule has 1 N–H and O–H groups in total. The predicted octanol–water partition coefficient (Wildman–Crippen LogP) is 4.08. The first-order valence-electron chi connectivity index (χ1n) is 6.61. The van der Waals surface area contributed by atoms with E-state index >= 15 is 0 Å². The highest BCUT2D eigenvalue weighted by molar-refractivity contribution is 6.31. The normalized spacial score (nSPS) is 10.8. The number of nitrogens with one attached hydrogen (secondary N) is 1. The van der Waals surface area contributed by atoms with Crippen molar-refractivity contribution in [3.05, 3.63) is 65.2 Å². The maximum absolute atomic E-state index is 13.4. The van der Waals surface area contributed by atoms with E-state index in [1.165, 1.54) is 18.5 Å². The summed E-state index contributed by atoms with van der Waals surface area (Å²) in [5.74, 6) is 0.331. The van der Waals surface area contributed by atoms with Crippen molar-refractivity contribution in [2.45, 2.75) is 6.42 Å². The Morgan fingerprint density at radius 3 is 2.81 bits per heavy atom. The lowest BCUT2D eigenvalue weighted by atomic mass is 10.1. The standard InChI is InChI=1S/C16H13ClFN3/c17-14-4-2-1-3-11(14)7-8-19-16-13-9-12(18)5-6-15(13)20-10-21-16/h1-6,9-10H,7-8H2,(H,19,20,21). The largest absolute Gasteiger partial charge is 0.369 e. The Bertz CT molecular complexity index is 776. The zero-order valence-corrected chi connectivity index (χ0v) is 11.9. The summed E-state index contributed by atoms with van der Waals surface area (Å²) >= 11 is 6.12. The van der Waals surface area contributed by atoms with Gasteiger partial charge in [-0.25, -0.2) is 14.4 Å². The van der Waals surface area contributed by atoms with E-state index < -0.39 is 0 Å². The first-order chi connectivity index (χ1) is 10.2. The van der Waals surface area contributed by atoms with E-state index in [1.807, 2.05) is 24.3 Å². The van der Waals surface area contributed by atoms with Gasteiger partial charge in [0.1, 0.15) is 18.0 Å². The number of fused-ring (bicyclic) bond motifs is 1. The maximum atomic E-state index is 13.4. The van der Waals surface area contributed by atoms with Gasteiger partial charge < -0.3 is 5.32 Å². The van der Waals surface area contributed by atoms with Gasteiger partial charge in [-0.2, -0.15) is 0 Å². The third kappa shape index (κ3) is 3.11. The van der Waals surface area contributed by atoms with E-state index in [9.17, 15) is 4.39 Å². The fourth-order valence-corrected chi connectivity index (χ4v) is 2.42. The zero-order chi connectivity index (χ0) is 14.7. The van der Waals surface area contributed by atoms with Crippen LogP contribution in [0.1, 0.15) is 5.56 Å². The van der Waals surface area contributed by atoms with E-state index in [2.05, 4.69) is 15.3 Å². The highest BCUT2D eigenvalue weighted by atomic mass is 35.5. The topological polar surface area (TPSA) is 37.8 Å². The molecular formula is C16H13ClFN3. The number of anilines is 1. The summed E-state index contributed by atoms with van der Waals surface area (Å²) < 4.78 is 13.4. The zero-order valence-electron chi connectivity index (χ0n) is 11.2. The fourth-order valence-electron chi connectivity index (χ4n) is 2.19. The average molecular weight is 302 g/mol. The monoisotopic (exact) mass is 301 g/mol. The van der Waals surface area contributed by atoms with Gasteiger partial charge in [0.15, 0.2) is 0 Å². The van der Waals surface area contributed by atoms with E-state index in [0.717, 1.165) is 17.0 Å². The Kier molecular flexibility index (Phi) is 3.97. The third-order valence-electron chi connectivity index (χ3n) is 3.24. The van der Waals surface area contributed by atoms with Gasteiger partial charge in [0.05, 0.1) is 5.52 Å². The van der Waals surface area contributed by atoms with Crippen molar-refractivity contribution in [2.24, 2.45) is 0 Å². The van der Waals surface area contributed by atoms with Gasteiger partial charge in [0.25, 0.3) is 0 Å². The molecule has 2 aromatic carbocycles. The molecule has 3 rings (SSSR count). The highest BCUT2D eigenvalue weighted by Gasteiger charge is 2.05. The summed E-state index contributed by atoms with van der Waals surface area (Å²) in [5, 5.41) is 4.64. The van der Waals surface area contributed by atoms with Crippen LogP contribution in [0.5, 0.6) is 0 Å². The fraction of sp³-hybridized carbons (Fsp3) is 0.125. The first kappa shape index (κ1) is 13.8. The SMILES string of the molecule is Fc1ccc2ncnc(NCCc3ccccc3Cl)c2c1. The minimum atomic E-state index is -0.300. The van der Waals surface area contributed by atoms with Crippen LogP contribution in [0.3, 0.4) is 0 Å². The van der Waals surface area contributed by atoms with Gasteiger partial charge >= 0.3 is 0 Å². The Labute approximate surface area is 126 Å². The lowest BCUT2D eigenvalue weighted by Gasteiger charge is -2.09. The van der Waals surface area contributed by atoms with Gasteiger partial charge in [-0.3, -0.25) is 0 Å². The van der Waals surface area contributed by atoms with Gasteiger partial charge in [0, 0.05) is 17.0 Å². The molecule has 0 saturated heterocycles. The number of halogens is 2. The van der Waals surface area contributed by atoms with Crippen molar-refractivity contribution in [1.29, 1.82) is 0 Å². The number of rotatable bonds is 4. The molecule has 0 atom stereocenters. The van der Waals surface area contributed by atoms with Crippen molar-refractivity contribution >= 4 is 28.3 Å². The minimum absolute atomic E-state index is 0.300. The Hall–Kier alpha value is -2.20. The van der Waals surface area contributed by atoms with E-state index in [4.69, 9.17) is 11.6 Å². The Morgan fingerprint density at radius 1 is 1.10 bits per heavy atom. The smallest absolute Gasteiger partial charge is 0.137 e. The molecule has 3 nitrogen and oxygen atoms in total. The van der Waals surface area contributed by atoms with Crippen LogP contribution in [0, 0.1) is 5.82 Å². The van der Waals surface area contributed by atoms with Crippen LogP contribution >= 0.6 is 11.6 Å². The summed E-state index contributed by atoms with van der Waals surface area (Å²) in [4.78, 5) is 8.30. The van der Waals surface area contributed by atoms with Crippen LogP contribution in [-0.4, -0.2) is 16.5 Å². The highest BCUT2D eigenvalue weighted by Crippen LogP contribution is 2.20. The molecule has 0 aliphatic carbocycles. The molecular weight excluding hydrogens is 289 g/mol. The molecule has 3 aromatic rings. The molecule has 1 heterocycles. The average Bonchev–Trinajstić information content (AvgIpc) is 2.49. The summed E-state index contributed by atoms with van der Waals surface area (Å²) in [6.07, 6.45) is 2.23. The Morgan fingerprint density at radius 2 is 1.95 bits per heavy atom. The van der Waals surface area contributed by atoms with E-state index in [1.54, 1.807) is 6.07 Å². The number of hydrogen-bond acceptors (Lipinski definition) is 3. The maximum Gasteiger partial charge on any atom is 0.137 e. The molecule has 5 heteroatoms. The molecule has 0 aliphatic heterocycles. The first-order valence-corrected chi connectivity index (χ1v) is 6.99. The third-order valence-corrected chi connectivity index (χ3v) is 3.61. The van der Waals surface area contributed by atoms with Crippen LogP contribution in [0.2, 0.25) is 5.02 Å². The molecule has 0 saturated carbocycles. The van der Waals surface area contributed by atoms with Gasteiger partial charge in [-0.15, -0.1) is 0 Å². The van der Waals surface area contributed by atoms with Crippen LogP contribution in [-0.2, 0) is 6.42 Å². The predicted molar refractivity (Wildman–Crippen MR) is 83.1 cm³/mol. The second kappa shape index (κ2) is 6.06. The van der Waals surface area contributed by atoms with Gasteiger partial charge in [-0.05, 0) is 36.2 Å². The van der Waals surface area contributed by atoms with Crippen LogP contribution in [0.15, 0.2) is 48.8 Å². The van der Waals surface area contributed by atoms with E-state index in [-0.39, 0.29) is 5.82 Å². The Balaban J connectivity index is 1.77. The van der Waals surface area contributed by atoms with Crippen molar-refractivity contribution < 1.29 is 4.39 Å². The second-order valence-electron chi connectivity index (χ2n) is 4.65. The van der Waals surface area contributed by atoms with Crippen LogP contribution in [0.25, 0.3) is 10.9 Å². The molecule has 0 amide bonds. The quantitative estimate of drug-likeness (QED) is 0.789.